The largest absolute Gasteiger partial charge is 0.273 e. The third kappa shape index (κ3) is 3.18. The molecule has 1 atom stereocenters. The molecule has 1 fully saturated rings. The predicted molar refractivity (Wildman–Crippen MR) is 105 cm³/mol. The summed E-state index contributed by atoms with van der Waals surface area (Å²) in [5.74, 6) is -2.41. The topological polar surface area (TPSA) is 71.5 Å². The molecule has 0 spiro atoms. The van der Waals surface area contributed by atoms with E-state index in [2.05, 4.69) is 0 Å². The monoisotopic (exact) mass is 387 g/mol. The molecule has 1 saturated heterocycles. The maximum Gasteiger partial charge on any atom is 0.273 e. The highest BCUT2D eigenvalue weighted by Gasteiger charge is 2.59. The minimum atomic E-state index is -4.32. The lowest BCUT2D eigenvalue weighted by Crippen LogP contribution is -2.39. The summed E-state index contributed by atoms with van der Waals surface area (Å²) in [5.41, 5.74) is -0.0543. The average molecular weight is 388 g/mol. The first-order valence-electron chi connectivity index (χ1n) is 8.79. The van der Waals surface area contributed by atoms with E-state index in [1.807, 2.05) is 0 Å². The first-order valence-corrected chi connectivity index (χ1v) is 10.2. The van der Waals surface area contributed by atoms with Crippen LogP contribution in [-0.4, -0.2) is 24.5 Å². The number of carbonyl (C=O) groups is 2. The Hall–Kier alpha value is -2.47. The molecule has 2 amide bonds. The van der Waals surface area contributed by atoms with Gasteiger partial charge in [0.25, 0.3) is 21.8 Å². The lowest BCUT2D eigenvalue weighted by Gasteiger charge is -2.23. The Kier molecular flexibility index (Phi) is 5.90. The Balaban J connectivity index is 2.76. The van der Waals surface area contributed by atoms with Crippen molar-refractivity contribution in [2.45, 2.75) is 39.5 Å². The molecule has 1 heterocycles. The fourth-order valence-electron chi connectivity index (χ4n) is 3.46. The van der Waals surface area contributed by atoms with E-state index in [9.17, 15) is 18.0 Å². The van der Waals surface area contributed by atoms with E-state index in [1.54, 1.807) is 83.2 Å². The Morgan fingerprint density at radius 3 is 2.11 bits per heavy atom. The van der Waals surface area contributed by atoms with Crippen LogP contribution in [0.3, 0.4) is 0 Å². The van der Waals surface area contributed by atoms with Gasteiger partial charge in [0.15, 0.2) is 0 Å². The van der Waals surface area contributed by atoms with Crippen molar-refractivity contribution in [2.75, 3.05) is 0 Å². The molecule has 1 aliphatic heterocycles. The lowest BCUT2D eigenvalue weighted by atomic mass is 9.76. The molecule has 0 N–H and O–H groups in total. The minimum Gasteiger partial charge on any atom is -0.273 e. The number of rotatable bonds is 5. The summed E-state index contributed by atoms with van der Waals surface area (Å²) in [6.07, 6.45) is 9.75. The van der Waals surface area contributed by atoms with Crippen LogP contribution in [0, 0.1) is 25.2 Å². The van der Waals surface area contributed by atoms with Crippen LogP contribution in [-0.2, 0) is 19.6 Å². The number of hydrogen-bond donors (Lipinski definition) is 0. The maximum atomic E-state index is 13.3. The summed E-state index contributed by atoms with van der Waals surface area (Å²) in [4.78, 5) is 26.4. The van der Waals surface area contributed by atoms with E-state index >= 15 is 0 Å². The van der Waals surface area contributed by atoms with Gasteiger partial charge >= 0.3 is 0 Å². The Bertz CT molecular complexity index is 942. The standard InChI is InChI=1S/C21H25NO4S/c1-6-10-17-19(23)22(20(24)21(17,13-7-2)14-8-3)27(25,26)18-12-9-11-15(4)16(18)5/h6-14,17H,1-5H3/b10-6-,13-7-,14-8-. The van der Waals surface area contributed by atoms with Crippen molar-refractivity contribution in [3.05, 3.63) is 65.8 Å². The van der Waals surface area contributed by atoms with Crippen LogP contribution in [0.2, 0.25) is 0 Å². The summed E-state index contributed by atoms with van der Waals surface area (Å²) in [6.45, 7) is 8.65. The second-order valence-electron chi connectivity index (χ2n) is 6.55. The summed E-state index contributed by atoms with van der Waals surface area (Å²) in [5, 5.41) is 0. The molecule has 0 bridgehead atoms. The molecular weight excluding hydrogens is 362 g/mol. The van der Waals surface area contributed by atoms with Crippen molar-refractivity contribution in [3.8, 4) is 0 Å². The molecule has 0 aliphatic carbocycles. The molecule has 1 unspecified atom stereocenters. The summed E-state index contributed by atoms with van der Waals surface area (Å²) in [6, 6.07) is 4.82. The number of benzene rings is 1. The number of amides is 2. The van der Waals surface area contributed by atoms with Gasteiger partial charge in [-0.25, -0.2) is 8.42 Å². The molecule has 1 aromatic carbocycles. The van der Waals surface area contributed by atoms with E-state index < -0.39 is 33.2 Å². The average Bonchev–Trinajstić information content (AvgIpc) is 2.80. The van der Waals surface area contributed by atoms with Gasteiger partial charge in [0.2, 0.25) is 0 Å². The molecule has 0 saturated carbocycles. The highest BCUT2D eigenvalue weighted by atomic mass is 32.2. The molecular formula is C21H25NO4S. The van der Waals surface area contributed by atoms with Gasteiger partial charge in [0, 0.05) is 0 Å². The van der Waals surface area contributed by atoms with E-state index in [0.717, 1.165) is 5.56 Å². The molecule has 6 heteroatoms. The lowest BCUT2D eigenvalue weighted by molar-refractivity contribution is -0.134. The van der Waals surface area contributed by atoms with Crippen molar-refractivity contribution in [3.63, 3.8) is 0 Å². The number of sulfonamides is 1. The highest BCUT2D eigenvalue weighted by Crippen LogP contribution is 2.44. The van der Waals surface area contributed by atoms with Crippen LogP contribution < -0.4 is 0 Å². The maximum absolute atomic E-state index is 13.3. The summed E-state index contributed by atoms with van der Waals surface area (Å²) < 4.78 is 27.0. The van der Waals surface area contributed by atoms with Gasteiger partial charge in [-0.05, 0) is 51.8 Å². The smallest absolute Gasteiger partial charge is 0.273 e. The normalized spacial score (nSPS) is 20.6. The summed E-state index contributed by atoms with van der Waals surface area (Å²) in [7, 11) is -4.32. The Labute approximate surface area is 161 Å². The van der Waals surface area contributed by atoms with Crippen molar-refractivity contribution >= 4 is 21.8 Å². The first-order chi connectivity index (χ1) is 12.7. The van der Waals surface area contributed by atoms with Gasteiger partial charge in [-0.1, -0.05) is 48.6 Å². The number of hydrogen-bond acceptors (Lipinski definition) is 4. The van der Waals surface area contributed by atoms with Crippen molar-refractivity contribution < 1.29 is 18.0 Å². The Morgan fingerprint density at radius 1 is 1.00 bits per heavy atom. The van der Waals surface area contributed by atoms with E-state index in [-0.39, 0.29) is 4.90 Å². The van der Waals surface area contributed by atoms with E-state index in [4.69, 9.17) is 0 Å². The molecule has 144 valence electrons. The first kappa shape index (κ1) is 20.8. The molecule has 0 aromatic heterocycles. The fraction of sp³-hybridized carbons (Fsp3) is 0.333. The van der Waals surface area contributed by atoms with E-state index in [1.165, 1.54) is 6.07 Å². The van der Waals surface area contributed by atoms with Gasteiger partial charge in [-0.15, -0.1) is 0 Å². The van der Waals surface area contributed by atoms with Gasteiger partial charge < -0.3 is 0 Å². The number of carbonyl (C=O) groups excluding carboxylic acids is 2. The van der Waals surface area contributed by atoms with Crippen LogP contribution in [0.25, 0.3) is 0 Å². The number of nitrogens with zero attached hydrogens (tertiary/aromatic N) is 1. The van der Waals surface area contributed by atoms with Crippen LogP contribution in [0.4, 0.5) is 0 Å². The molecule has 27 heavy (non-hydrogen) atoms. The number of aryl methyl sites for hydroxylation is 1. The highest BCUT2D eigenvalue weighted by molar-refractivity contribution is 7.90. The second kappa shape index (κ2) is 7.64. The number of imide groups is 1. The molecule has 2 rings (SSSR count). The zero-order chi connectivity index (χ0) is 20.4. The van der Waals surface area contributed by atoms with Crippen molar-refractivity contribution in [1.82, 2.24) is 4.31 Å². The van der Waals surface area contributed by atoms with Crippen LogP contribution in [0.5, 0.6) is 0 Å². The zero-order valence-electron chi connectivity index (χ0n) is 16.3. The predicted octanol–water partition coefficient (Wildman–Crippen LogP) is 3.69. The molecule has 1 aliphatic rings. The number of allylic oxidation sites excluding steroid dienone is 3. The third-order valence-corrected chi connectivity index (χ3v) is 6.70. The van der Waals surface area contributed by atoms with Crippen LogP contribution in [0.15, 0.2) is 59.6 Å². The van der Waals surface area contributed by atoms with Crippen LogP contribution in [0.1, 0.15) is 31.9 Å². The van der Waals surface area contributed by atoms with Crippen molar-refractivity contribution in [1.29, 1.82) is 0 Å². The Morgan fingerprint density at radius 2 is 1.59 bits per heavy atom. The fourth-order valence-corrected chi connectivity index (χ4v) is 5.18. The molecule has 5 nitrogen and oxygen atoms in total. The SMILES string of the molecule is C/C=C\C1C(=O)N(S(=O)(=O)c2cccc(C)c2C)C(=O)C1(/C=C\C)/C=C\C. The van der Waals surface area contributed by atoms with Gasteiger partial charge in [0.05, 0.1) is 10.8 Å². The van der Waals surface area contributed by atoms with Gasteiger partial charge in [0.1, 0.15) is 5.41 Å². The molecule has 0 radical (unpaired) electrons. The third-order valence-electron chi connectivity index (χ3n) is 4.88. The summed E-state index contributed by atoms with van der Waals surface area (Å²) >= 11 is 0. The quantitative estimate of drug-likeness (QED) is 0.571. The van der Waals surface area contributed by atoms with Crippen LogP contribution >= 0.6 is 0 Å². The van der Waals surface area contributed by atoms with Gasteiger partial charge in [-0.3, -0.25) is 9.59 Å². The van der Waals surface area contributed by atoms with Gasteiger partial charge in [-0.2, -0.15) is 4.31 Å². The second-order valence-corrected chi connectivity index (χ2v) is 8.30. The molecule has 1 aromatic rings. The zero-order valence-corrected chi connectivity index (χ0v) is 17.1. The van der Waals surface area contributed by atoms with E-state index in [0.29, 0.717) is 9.87 Å². The minimum absolute atomic E-state index is 0.0276. The van der Waals surface area contributed by atoms with Crippen molar-refractivity contribution in [2.24, 2.45) is 11.3 Å².